The second-order valence-corrected chi connectivity index (χ2v) is 3.92. The van der Waals surface area contributed by atoms with Crippen molar-refractivity contribution in [2.24, 2.45) is 10.9 Å². The summed E-state index contributed by atoms with van der Waals surface area (Å²) in [6.45, 7) is 3.99. The third-order valence-electron chi connectivity index (χ3n) is 2.27. The molecular formula is C12H13N3O. The van der Waals surface area contributed by atoms with E-state index in [2.05, 4.69) is 15.3 Å². The molecule has 0 saturated heterocycles. The van der Waals surface area contributed by atoms with Gasteiger partial charge in [-0.1, -0.05) is 13.8 Å². The molecule has 1 aliphatic rings. The molecule has 4 nitrogen and oxygen atoms in total. The van der Waals surface area contributed by atoms with Crippen LogP contribution in [0.25, 0.3) is 6.08 Å². The van der Waals surface area contributed by atoms with E-state index in [4.69, 9.17) is 0 Å². The number of rotatable bonds is 2. The predicted molar refractivity (Wildman–Crippen MR) is 62.6 cm³/mol. The SMILES string of the molecule is CC(C)C1=N/C(=C/c2ccncc2)C(=O)N1. The molecule has 0 bridgehead atoms. The molecule has 1 aromatic rings. The molecule has 0 aliphatic carbocycles. The first-order valence-electron chi connectivity index (χ1n) is 5.18. The van der Waals surface area contributed by atoms with Gasteiger partial charge in [0.2, 0.25) is 0 Å². The Kier molecular flexibility index (Phi) is 2.81. The van der Waals surface area contributed by atoms with Crippen LogP contribution >= 0.6 is 0 Å². The van der Waals surface area contributed by atoms with Crippen molar-refractivity contribution in [1.82, 2.24) is 10.3 Å². The lowest BCUT2D eigenvalue weighted by molar-refractivity contribution is -0.115. The van der Waals surface area contributed by atoms with Crippen LogP contribution in [0.2, 0.25) is 0 Å². The molecule has 0 spiro atoms. The molecule has 82 valence electrons. The third kappa shape index (κ3) is 2.16. The van der Waals surface area contributed by atoms with Crippen molar-refractivity contribution in [2.45, 2.75) is 13.8 Å². The average Bonchev–Trinajstić information content (AvgIpc) is 2.62. The van der Waals surface area contributed by atoms with Crippen LogP contribution in [0.1, 0.15) is 19.4 Å². The summed E-state index contributed by atoms with van der Waals surface area (Å²) in [6.07, 6.45) is 5.13. The second-order valence-electron chi connectivity index (χ2n) is 3.92. The van der Waals surface area contributed by atoms with E-state index in [-0.39, 0.29) is 11.8 Å². The smallest absolute Gasteiger partial charge is 0.275 e. The van der Waals surface area contributed by atoms with Gasteiger partial charge in [0.05, 0.1) is 0 Å². The van der Waals surface area contributed by atoms with E-state index < -0.39 is 0 Å². The fraction of sp³-hybridized carbons (Fsp3) is 0.250. The van der Waals surface area contributed by atoms with E-state index in [0.29, 0.717) is 5.70 Å². The summed E-state index contributed by atoms with van der Waals surface area (Å²) in [5.74, 6) is 0.818. The largest absolute Gasteiger partial charge is 0.308 e. The molecule has 0 aromatic carbocycles. The Morgan fingerprint density at radius 3 is 2.56 bits per heavy atom. The Morgan fingerprint density at radius 2 is 2.00 bits per heavy atom. The molecule has 0 unspecified atom stereocenters. The average molecular weight is 215 g/mol. The van der Waals surface area contributed by atoms with E-state index in [1.165, 1.54) is 0 Å². The van der Waals surface area contributed by atoms with Crippen LogP contribution in [-0.2, 0) is 4.79 Å². The molecule has 0 atom stereocenters. The summed E-state index contributed by atoms with van der Waals surface area (Å²) in [5.41, 5.74) is 1.38. The van der Waals surface area contributed by atoms with Gasteiger partial charge in [0, 0.05) is 18.3 Å². The van der Waals surface area contributed by atoms with Gasteiger partial charge in [-0.05, 0) is 23.8 Å². The minimum Gasteiger partial charge on any atom is -0.308 e. The third-order valence-corrected chi connectivity index (χ3v) is 2.27. The van der Waals surface area contributed by atoms with Crippen LogP contribution in [0.3, 0.4) is 0 Å². The van der Waals surface area contributed by atoms with Crippen molar-refractivity contribution < 1.29 is 4.79 Å². The van der Waals surface area contributed by atoms with E-state index in [1.807, 2.05) is 26.0 Å². The summed E-state index contributed by atoms with van der Waals surface area (Å²) in [5, 5.41) is 2.75. The van der Waals surface area contributed by atoms with Gasteiger partial charge >= 0.3 is 0 Å². The molecule has 1 N–H and O–H groups in total. The number of nitrogens with zero attached hydrogens (tertiary/aromatic N) is 2. The number of aliphatic imine (C=N–C) groups is 1. The lowest BCUT2D eigenvalue weighted by Gasteiger charge is -2.01. The maximum Gasteiger partial charge on any atom is 0.275 e. The zero-order chi connectivity index (χ0) is 11.5. The number of hydrogen-bond acceptors (Lipinski definition) is 3. The highest BCUT2D eigenvalue weighted by atomic mass is 16.2. The van der Waals surface area contributed by atoms with Gasteiger partial charge in [-0.25, -0.2) is 4.99 Å². The minimum absolute atomic E-state index is 0.138. The van der Waals surface area contributed by atoms with Crippen LogP contribution in [-0.4, -0.2) is 16.7 Å². The normalized spacial score (nSPS) is 17.8. The highest BCUT2D eigenvalue weighted by molar-refractivity contribution is 6.14. The molecular weight excluding hydrogens is 202 g/mol. The quantitative estimate of drug-likeness (QED) is 0.762. The number of aromatic nitrogens is 1. The lowest BCUT2D eigenvalue weighted by atomic mass is 10.2. The van der Waals surface area contributed by atoms with E-state index in [1.54, 1.807) is 18.5 Å². The van der Waals surface area contributed by atoms with Gasteiger partial charge in [-0.15, -0.1) is 0 Å². The number of carbonyl (C=O) groups excluding carboxylic acids is 1. The molecule has 1 amide bonds. The van der Waals surface area contributed by atoms with Gasteiger partial charge in [0.15, 0.2) is 0 Å². The molecule has 0 radical (unpaired) electrons. The first-order valence-corrected chi connectivity index (χ1v) is 5.18. The molecule has 16 heavy (non-hydrogen) atoms. The Balaban J connectivity index is 2.29. The Hall–Kier alpha value is -1.97. The number of amidine groups is 1. The highest BCUT2D eigenvalue weighted by Crippen LogP contribution is 2.13. The Morgan fingerprint density at radius 1 is 1.31 bits per heavy atom. The maximum absolute atomic E-state index is 11.6. The number of hydrogen-bond donors (Lipinski definition) is 1. The molecule has 2 heterocycles. The van der Waals surface area contributed by atoms with Crippen molar-refractivity contribution in [3.8, 4) is 0 Å². The van der Waals surface area contributed by atoms with Crippen LogP contribution < -0.4 is 5.32 Å². The molecule has 0 saturated carbocycles. The zero-order valence-electron chi connectivity index (χ0n) is 9.27. The van der Waals surface area contributed by atoms with Crippen molar-refractivity contribution in [3.05, 3.63) is 35.8 Å². The number of pyridine rings is 1. The first-order chi connectivity index (χ1) is 7.66. The minimum atomic E-state index is -0.138. The molecule has 1 aromatic heterocycles. The monoisotopic (exact) mass is 215 g/mol. The predicted octanol–water partition coefficient (Wildman–Crippen LogP) is 1.61. The molecule has 4 heteroatoms. The van der Waals surface area contributed by atoms with Crippen molar-refractivity contribution in [3.63, 3.8) is 0 Å². The summed E-state index contributed by atoms with van der Waals surface area (Å²) in [4.78, 5) is 19.8. The second kappa shape index (κ2) is 4.26. The van der Waals surface area contributed by atoms with Gasteiger partial charge in [0.1, 0.15) is 11.5 Å². The highest BCUT2D eigenvalue weighted by Gasteiger charge is 2.21. The Bertz CT molecular complexity index is 460. The van der Waals surface area contributed by atoms with Crippen molar-refractivity contribution in [2.75, 3.05) is 0 Å². The fourth-order valence-electron chi connectivity index (χ4n) is 1.38. The summed E-state index contributed by atoms with van der Waals surface area (Å²) >= 11 is 0. The van der Waals surface area contributed by atoms with Crippen molar-refractivity contribution in [1.29, 1.82) is 0 Å². The van der Waals surface area contributed by atoms with E-state index >= 15 is 0 Å². The van der Waals surface area contributed by atoms with Gasteiger partial charge in [-0.3, -0.25) is 9.78 Å². The topological polar surface area (TPSA) is 54.4 Å². The van der Waals surface area contributed by atoms with Crippen LogP contribution in [0, 0.1) is 5.92 Å². The maximum atomic E-state index is 11.6. The lowest BCUT2D eigenvalue weighted by Crippen LogP contribution is -2.27. The van der Waals surface area contributed by atoms with Crippen molar-refractivity contribution >= 4 is 17.8 Å². The Labute approximate surface area is 94.1 Å². The zero-order valence-corrected chi connectivity index (χ0v) is 9.27. The molecule has 0 fully saturated rings. The van der Waals surface area contributed by atoms with E-state index in [0.717, 1.165) is 11.4 Å². The van der Waals surface area contributed by atoms with Crippen LogP contribution in [0.4, 0.5) is 0 Å². The first kappa shape index (κ1) is 10.5. The molecule has 2 rings (SSSR count). The van der Waals surface area contributed by atoms with Crippen LogP contribution in [0.15, 0.2) is 35.2 Å². The van der Waals surface area contributed by atoms with Gasteiger partial charge in [0.25, 0.3) is 5.91 Å². The number of nitrogens with one attached hydrogen (secondary N) is 1. The van der Waals surface area contributed by atoms with E-state index in [9.17, 15) is 4.79 Å². The van der Waals surface area contributed by atoms with Crippen LogP contribution in [0.5, 0.6) is 0 Å². The fourth-order valence-corrected chi connectivity index (χ4v) is 1.38. The summed E-state index contributed by atoms with van der Waals surface area (Å²) < 4.78 is 0. The van der Waals surface area contributed by atoms with Gasteiger partial charge < -0.3 is 5.32 Å². The standard InChI is InChI=1S/C12H13N3O/c1-8(2)11-14-10(12(16)15-11)7-9-3-5-13-6-4-9/h3-8H,1-2H3,(H,14,15,16)/b10-7+. The molecule has 1 aliphatic heterocycles. The number of amides is 1. The van der Waals surface area contributed by atoms with Gasteiger partial charge in [-0.2, -0.15) is 0 Å². The summed E-state index contributed by atoms with van der Waals surface area (Å²) in [6, 6.07) is 3.67. The number of carbonyl (C=O) groups is 1. The summed E-state index contributed by atoms with van der Waals surface area (Å²) in [7, 11) is 0.